The van der Waals surface area contributed by atoms with Crippen LogP contribution in [0.3, 0.4) is 0 Å². The number of carbonyl (C=O) groups excluding carboxylic acids is 2. The van der Waals surface area contributed by atoms with Gasteiger partial charge in [-0.1, -0.05) is 11.6 Å². The zero-order chi connectivity index (χ0) is 19.8. The Morgan fingerprint density at radius 2 is 1.89 bits per heavy atom. The van der Waals surface area contributed by atoms with Crippen molar-refractivity contribution in [2.75, 3.05) is 25.6 Å². The summed E-state index contributed by atoms with van der Waals surface area (Å²) in [6, 6.07) is 11.7. The van der Waals surface area contributed by atoms with Gasteiger partial charge in [0.15, 0.2) is 6.10 Å². The van der Waals surface area contributed by atoms with Crippen molar-refractivity contribution in [3.63, 3.8) is 0 Å². The van der Waals surface area contributed by atoms with E-state index in [1.54, 1.807) is 56.5 Å². The van der Waals surface area contributed by atoms with Gasteiger partial charge in [0.2, 0.25) is 0 Å². The highest BCUT2D eigenvalue weighted by Crippen LogP contribution is 2.28. The normalized spacial score (nSPS) is 11.6. The fourth-order valence-corrected chi connectivity index (χ4v) is 2.91. The van der Waals surface area contributed by atoms with Crippen LogP contribution >= 0.6 is 27.5 Å². The van der Waals surface area contributed by atoms with Crippen molar-refractivity contribution in [3.05, 3.63) is 57.5 Å². The van der Waals surface area contributed by atoms with Gasteiger partial charge in [-0.15, -0.1) is 0 Å². The molecule has 1 unspecified atom stereocenters. The van der Waals surface area contributed by atoms with Gasteiger partial charge in [0, 0.05) is 29.9 Å². The molecule has 2 aromatic carbocycles. The molecule has 0 aliphatic heterocycles. The largest absolute Gasteiger partial charge is 0.480 e. The predicted octanol–water partition coefficient (Wildman–Crippen LogP) is 3.88. The van der Waals surface area contributed by atoms with Crippen molar-refractivity contribution in [1.29, 1.82) is 0 Å². The second-order valence-electron chi connectivity index (χ2n) is 5.65. The topological polar surface area (TPSA) is 76.7 Å². The van der Waals surface area contributed by atoms with Crippen LogP contribution in [0.5, 0.6) is 5.75 Å². The first-order chi connectivity index (χ1) is 12.9. The molecule has 2 amide bonds. The van der Waals surface area contributed by atoms with Gasteiger partial charge in [0.1, 0.15) is 5.75 Å². The standard InChI is InChI=1S/C19H20BrClN2O4/c1-12(27-17-8-5-14(21)11-16(17)20)18(24)23-15-6-3-13(4-7-15)19(25)22-9-10-26-2/h3-8,11-12H,9-10H2,1-2H3,(H,22,25)(H,23,24). The maximum atomic E-state index is 12.3. The first-order valence-electron chi connectivity index (χ1n) is 8.20. The minimum absolute atomic E-state index is 0.200. The minimum Gasteiger partial charge on any atom is -0.480 e. The molecule has 2 aromatic rings. The number of hydrogen-bond acceptors (Lipinski definition) is 4. The summed E-state index contributed by atoms with van der Waals surface area (Å²) >= 11 is 9.24. The van der Waals surface area contributed by atoms with E-state index in [2.05, 4.69) is 26.6 Å². The Labute approximate surface area is 171 Å². The fraction of sp³-hybridized carbons (Fsp3) is 0.263. The predicted molar refractivity (Wildman–Crippen MR) is 109 cm³/mol. The third kappa shape index (κ3) is 6.53. The van der Waals surface area contributed by atoms with Crippen LogP contribution in [0.2, 0.25) is 5.02 Å². The van der Waals surface area contributed by atoms with Crippen LogP contribution in [-0.4, -0.2) is 38.2 Å². The molecule has 2 rings (SSSR count). The van der Waals surface area contributed by atoms with Crippen LogP contribution in [0.4, 0.5) is 5.69 Å². The molecule has 0 heterocycles. The number of ether oxygens (including phenoxy) is 2. The summed E-state index contributed by atoms with van der Waals surface area (Å²) in [5.41, 5.74) is 1.07. The molecule has 144 valence electrons. The fourth-order valence-electron chi connectivity index (χ4n) is 2.13. The quantitative estimate of drug-likeness (QED) is 0.592. The van der Waals surface area contributed by atoms with Crippen LogP contribution in [-0.2, 0) is 9.53 Å². The molecule has 0 saturated heterocycles. The average Bonchev–Trinajstić information content (AvgIpc) is 2.64. The van der Waals surface area contributed by atoms with Gasteiger partial charge in [-0.25, -0.2) is 0 Å². The number of methoxy groups -OCH3 is 1. The Morgan fingerprint density at radius 1 is 1.19 bits per heavy atom. The summed E-state index contributed by atoms with van der Waals surface area (Å²) in [6.45, 7) is 2.53. The number of rotatable bonds is 8. The van der Waals surface area contributed by atoms with Gasteiger partial charge in [0.25, 0.3) is 11.8 Å². The van der Waals surface area contributed by atoms with Gasteiger partial charge in [-0.2, -0.15) is 0 Å². The molecule has 1 atom stereocenters. The number of carbonyl (C=O) groups is 2. The summed E-state index contributed by atoms with van der Waals surface area (Å²) in [6.07, 6.45) is -0.723. The van der Waals surface area contributed by atoms with E-state index in [0.717, 1.165) is 0 Å². The highest BCUT2D eigenvalue weighted by Gasteiger charge is 2.16. The van der Waals surface area contributed by atoms with Gasteiger partial charge < -0.3 is 20.1 Å². The molecule has 0 fully saturated rings. The van der Waals surface area contributed by atoms with Gasteiger partial charge in [-0.05, 0) is 65.3 Å². The van der Waals surface area contributed by atoms with E-state index in [9.17, 15) is 9.59 Å². The summed E-state index contributed by atoms with van der Waals surface area (Å²) in [4.78, 5) is 24.3. The van der Waals surface area contributed by atoms with E-state index < -0.39 is 6.10 Å². The lowest BCUT2D eigenvalue weighted by molar-refractivity contribution is -0.122. The van der Waals surface area contributed by atoms with Crippen LogP contribution in [0.15, 0.2) is 46.9 Å². The van der Waals surface area contributed by atoms with Crippen molar-refractivity contribution >= 4 is 45.0 Å². The molecule has 0 aliphatic rings. The Bertz CT molecular complexity index is 799. The van der Waals surface area contributed by atoms with Crippen molar-refractivity contribution in [3.8, 4) is 5.75 Å². The first-order valence-corrected chi connectivity index (χ1v) is 9.37. The van der Waals surface area contributed by atoms with Crippen LogP contribution in [0, 0.1) is 0 Å². The van der Waals surface area contributed by atoms with E-state index in [1.807, 2.05) is 0 Å². The lowest BCUT2D eigenvalue weighted by Gasteiger charge is -2.16. The van der Waals surface area contributed by atoms with E-state index in [0.29, 0.717) is 39.6 Å². The number of amides is 2. The second-order valence-corrected chi connectivity index (χ2v) is 6.94. The highest BCUT2D eigenvalue weighted by atomic mass is 79.9. The Morgan fingerprint density at radius 3 is 2.52 bits per heavy atom. The first kappa shape index (κ1) is 21.2. The van der Waals surface area contributed by atoms with E-state index in [4.69, 9.17) is 21.1 Å². The SMILES string of the molecule is COCCNC(=O)c1ccc(NC(=O)C(C)Oc2ccc(Cl)cc2Br)cc1. The van der Waals surface area contributed by atoms with Crippen molar-refractivity contribution in [1.82, 2.24) is 5.32 Å². The third-order valence-electron chi connectivity index (χ3n) is 3.57. The summed E-state index contributed by atoms with van der Waals surface area (Å²) < 4.78 is 11.2. The van der Waals surface area contributed by atoms with E-state index in [1.165, 1.54) is 0 Å². The zero-order valence-electron chi connectivity index (χ0n) is 14.9. The monoisotopic (exact) mass is 454 g/mol. The summed E-state index contributed by atoms with van der Waals surface area (Å²) in [7, 11) is 1.57. The second kappa shape index (κ2) is 10.3. The molecule has 0 bridgehead atoms. The number of hydrogen-bond donors (Lipinski definition) is 2. The highest BCUT2D eigenvalue weighted by molar-refractivity contribution is 9.10. The van der Waals surface area contributed by atoms with Crippen LogP contribution in [0.25, 0.3) is 0 Å². The maximum Gasteiger partial charge on any atom is 0.265 e. The maximum absolute atomic E-state index is 12.3. The number of halogens is 2. The lowest BCUT2D eigenvalue weighted by atomic mass is 10.2. The Balaban J connectivity index is 1.91. The molecule has 0 aromatic heterocycles. The third-order valence-corrected chi connectivity index (χ3v) is 4.43. The number of anilines is 1. The smallest absolute Gasteiger partial charge is 0.265 e. The molecule has 27 heavy (non-hydrogen) atoms. The molecule has 0 spiro atoms. The van der Waals surface area contributed by atoms with Gasteiger partial charge >= 0.3 is 0 Å². The van der Waals surface area contributed by atoms with Gasteiger partial charge in [-0.3, -0.25) is 9.59 Å². The zero-order valence-corrected chi connectivity index (χ0v) is 17.3. The molecular formula is C19H20BrClN2O4. The molecule has 0 saturated carbocycles. The van der Waals surface area contributed by atoms with Crippen molar-refractivity contribution in [2.24, 2.45) is 0 Å². The van der Waals surface area contributed by atoms with E-state index in [-0.39, 0.29) is 11.8 Å². The average molecular weight is 456 g/mol. The van der Waals surface area contributed by atoms with Crippen LogP contribution in [0.1, 0.15) is 17.3 Å². The minimum atomic E-state index is -0.723. The van der Waals surface area contributed by atoms with Crippen molar-refractivity contribution in [2.45, 2.75) is 13.0 Å². The van der Waals surface area contributed by atoms with Gasteiger partial charge in [0.05, 0.1) is 11.1 Å². The molecular weight excluding hydrogens is 436 g/mol. The van der Waals surface area contributed by atoms with Crippen LogP contribution < -0.4 is 15.4 Å². The molecule has 2 N–H and O–H groups in total. The lowest BCUT2D eigenvalue weighted by Crippen LogP contribution is -2.30. The van der Waals surface area contributed by atoms with E-state index >= 15 is 0 Å². The summed E-state index contributed by atoms with van der Waals surface area (Å²) in [5, 5.41) is 6.05. The Kier molecular flexibility index (Phi) is 8.09. The molecule has 0 radical (unpaired) electrons. The van der Waals surface area contributed by atoms with Crippen molar-refractivity contribution < 1.29 is 19.1 Å². The summed E-state index contributed by atoms with van der Waals surface area (Å²) in [5.74, 6) is 0.00786. The molecule has 8 heteroatoms. The molecule has 6 nitrogen and oxygen atoms in total. The number of benzene rings is 2. The molecule has 0 aliphatic carbocycles. The number of nitrogens with one attached hydrogen (secondary N) is 2. The Hall–Kier alpha value is -2.09.